The third kappa shape index (κ3) is 2.90. The van der Waals surface area contributed by atoms with Gasteiger partial charge in [-0.1, -0.05) is 35.3 Å². The summed E-state index contributed by atoms with van der Waals surface area (Å²) in [5.41, 5.74) is 3.26. The van der Waals surface area contributed by atoms with Crippen molar-refractivity contribution >= 4 is 34.8 Å². The molecule has 0 N–H and O–H groups in total. The smallest absolute Gasteiger partial charge is 0.127 e. The number of fused-ring (bicyclic) bond motifs is 1. The monoisotopic (exact) mass is 326 g/mol. The van der Waals surface area contributed by atoms with Crippen LogP contribution in [0.25, 0.3) is 0 Å². The highest BCUT2D eigenvalue weighted by atomic mass is 35.5. The van der Waals surface area contributed by atoms with Gasteiger partial charge in [0.25, 0.3) is 0 Å². The molecule has 1 heterocycles. The summed E-state index contributed by atoms with van der Waals surface area (Å²) in [7, 11) is 0. The van der Waals surface area contributed by atoms with Crippen LogP contribution >= 0.6 is 34.8 Å². The lowest BCUT2D eigenvalue weighted by Gasteiger charge is -2.14. The summed E-state index contributed by atoms with van der Waals surface area (Å²) in [5, 5.41) is 1.28. The van der Waals surface area contributed by atoms with Gasteiger partial charge in [-0.25, -0.2) is 0 Å². The quantitative estimate of drug-likeness (QED) is 0.681. The van der Waals surface area contributed by atoms with E-state index in [1.54, 1.807) is 0 Å². The minimum atomic E-state index is -0.165. The molecule has 3 rings (SSSR count). The zero-order chi connectivity index (χ0) is 14.1. The predicted octanol–water partition coefficient (Wildman–Crippen LogP) is 5.45. The summed E-state index contributed by atoms with van der Waals surface area (Å²) in [5.74, 6) is 0.906. The summed E-state index contributed by atoms with van der Waals surface area (Å²) in [6.45, 7) is 0.702. The van der Waals surface area contributed by atoms with Crippen molar-refractivity contribution in [2.24, 2.45) is 0 Å². The van der Waals surface area contributed by atoms with Gasteiger partial charge in [0.15, 0.2) is 0 Å². The Balaban J connectivity index is 1.87. The van der Waals surface area contributed by atoms with E-state index in [4.69, 9.17) is 39.5 Å². The van der Waals surface area contributed by atoms with Crippen molar-refractivity contribution in [3.05, 3.63) is 63.1 Å². The zero-order valence-corrected chi connectivity index (χ0v) is 13.0. The van der Waals surface area contributed by atoms with Crippen LogP contribution < -0.4 is 4.74 Å². The largest absolute Gasteiger partial charge is 0.493 e. The second-order valence-corrected chi connectivity index (χ2v) is 6.28. The first-order chi connectivity index (χ1) is 9.63. The van der Waals surface area contributed by atoms with Gasteiger partial charge in [0, 0.05) is 22.0 Å². The molecule has 1 unspecified atom stereocenters. The lowest BCUT2D eigenvalue weighted by Crippen LogP contribution is -1.99. The van der Waals surface area contributed by atoms with Crippen LogP contribution in [0, 0.1) is 0 Å². The van der Waals surface area contributed by atoms with Crippen molar-refractivity contribution in [3.8, 4) is 5.75 Å². The van der Waals surface area contributed by atoms with Crippen molar-refractivity contribution in [1.82, 2.24) is 0 Å². The minimum Gasteiger partial charge on any atom is -0.493 e. The summed E-state index contributed by atoms with van der Waals surface area (Å²) >= 11 is 18.6. The molecular formula is C16H13Cl3O. The van der Waals surface area contributed by atoms with E-state index in [1.807, 2.05) is 36.4 Å². The normalized spacial score (nSPS) is 14.8. The highest BCUT2D eigenvalue weighted by Gasteiger charge is 2.22. The number of hydrogen-bond donors (Lipinski definition) is 0. The fraction of sp³-hybridized carbons (Fsp3) is 0.250. The van der Waals surface area contributed by atoms with Crippen LogP contribution in [0.15, 0.2) is 36.4 Å². The van der Waals surface area contributed by atoms with Gasteiger partial charge in [-0.05, 0) is 41.8 Å². The number of alkyl halides is 1. The van der Waals surface area contributed by atoms with Crippen LogP contribution in [0.2, 0.25) is 10.0 Å². The van der Waals surface area contributed by atoms with E-state index >= 15 is 0 Å². The van der Waals surface area contributed by atoms with Gasteiger partial charge in [0.1, 0.15) is 5.75 Å². The molecule has 0 aromatic heterocycles. The van der Waals surface area contributed by atoms with Gasteiger partial charge in [-0.2, -0.15) is 0 Å². The van der Waals surface area contributed by atoms with E-state index in [-0.39, 0.29) is 5.38 Å². The molecular weight excluding hydrogens is 315 g/mol. The second kappa shape index (κ2) is 5.85. The first-order valence-electron chi connectivity index (χ1n) is 6.47. The summed E-state index contributed by atoms with van der Waals surface area (Å²) in [4.78, 5) is 0. The molecule has 104 valence electrons. The van der Waals surface area contributed by atoms with Gasteiger partial charge in [-0.3, -0.25) is 0 Å². The summed E-state index contributed by atoms with van der Waals surface area (Å²) in [6.07, 6.45) is 1.61. The second-order valence-electron chi connectivity index (χ2n) is 4.88. The van der Waals surface area contributed by atoms with E-state index in [0.29, 0.717) is 11.6 Å². The van der Waals surface area contributed by atoms with Gasteiger partial charge < -0.3 is 4.74 Å². The van der Waals surface area contributed by atoms with Crippen LogP contribution in [0.3, 0.4) is 0 Å². The number of hydrogen-bond acceptors (Lipinski definition) is 1. The molecule has 2 aromatic carbocycles. The molecule has 4 heteroatoms. The maximum atomic E-state index is 6.56. The van der Waals surface area contributed by atoms with Crippen molar-refractivity contribution in [2.75, 3.05) is 6.61 Å². The average molecular weight is 328 g/mol. The molecule has 0 radical (unpaired) electrons. The van der Waals surface area contributed by atoms with Crippen LogP contribution in [-0.4, -0.2) is 6.61 Å². The summed E-state index contributed by atoms with van der Waals surface area (Å²) < 4.78 is 5.70. The maximum absolute atomic E-state index is 6.56. The number of benzene rings is 2. The van der Waals surface area contributed by atoms with Gasteiger partial charge in [-0.15, -0.1) is 11.6 Å². The van der Waals surface area contributed by atoms with Crippen LogP contribution in [0.4, 0.5) is 0 Å². The van der Waals surface area contributed by atoms with Crippen LogP contribution in [0.1, 0.15) is 22.1 Å². The molecule has 0 amide bonds. The van der Waals surface area contributed by atoms with Gasteiger partial charge >= 0.3 is 0 Å². The van der Waals surface area contributed by atoms with E-state index in [9.17, 15) is 0 Å². The molecule has 0 aliphatic carbocycles. The first kappa shape index (κ1) is 14.1. The molecule has 20 heavy (non-hydrogen) atoms. The minimum absolute atomic E-state index is 0.165. The van der Waals surface area contributed by atoms with Gasteiger partial charge in [0.2, 0.25) is 0 Å². The fourth-order valence-electron chi connectivity index (χ4n) is 2.47. The zero-order valence-electron chi connectivity index (χ0n) is 10.7. The van der Waals surface area contributed by atoms with E-state index in [2.05, 4.69) is 0 Å². The summed E-state index contributed by atoms with van der Waals surface area (Å²) in [6, 6.07) is 11.6. The first-order valence-corrected chi connectivity index (χ1v) is 7.66. The Hall–Kier alpha value is -0.890. The third-order valence-electron chi connectivity index (χ3n) is 3.44. The van der Waals surface area contributed by atoms with Crippen molar-refractivity contribution in [3.63, 3.8) is 0 Å². The Kier molecular flexibility index (Phi) is 4.11. The third-order valence-corrected chi connectivity index (χ3v) is 4.30. The Bertz CT molecular complexity index is 622. The Morgan fingerprint density at radius 2 is 1.80 bits per heavy atom. The van der Waals surface area contributed by atoms with Crippen molar-refractivity contribution < 1.29 is 4.74 Å². The molecule has 0 saturated heterocycles. The lowest BCUT2D eigenvalue weighted by molar-refractivity contribution is 0.353. The molecule has 0 bridgehead atoms. The van der Waals surface area contributed by atoms with Crippen molar-refractivity contribution in [2.45, 2.75) is 18.2 Å². The van der Waals surface area contributed by atoms with Crippen molar-refractivity contribution in [1.29, 1.82) is 0 Å². The number of rotatable bonds is 3. The lowest BCUT2D eigenvalue weighted by atomic mass is 10.0. The Labute approximate surface area is 133 Å². The van der Waals surface area contributed by atoms with E-state index in [1.165, 1.54) is 0 Å². The molecule has 1 atom stereocenters. The number of ether oxygens (including phenoxy) is 1. The highest BCUT2D eigenvalue weighted by Crippen LogP contribution is 2.40. The molecule has 1 nitrogen and oxygen atoms in total. The molecule has 1 aliphatic heterocycles. The maximum Gasteiger partial charge on any atom is 0.127 e. The topological polar surface area (TPSA) is 9.23 Å². The molecule has 2 aromatic rings. The van der Waals surface area contributed by atoms with Crippen LogP contribution in [0.5, 0.6) is 5.75 Å². The predicted molar refractivity (Wildman–Crippen MR) is 84.4 cm³/mol. The average Bonchev–Trinajstić information content (AvgIpc) is 2.88. The van der Waals surface area contributed by atoms with Gasteiger partial charge in [0.05, 0.1) is 12.0 Å². The molecule has 0 saturated carbocycles. The van der Waals surface area contributed by atoms with E-state index in [0.717, 1.165) is 40.3 Å². The van der Waals surface area contributed by atoms with E-state index < -0.39 is 0 Å². The molecule has 0 spiro atoms. The van der Waals surface area contributed by atoms with Crippen LogP contribution in [-0.2, 0) is 12.8 Å². The standard InChI is InChI=1S/C16H13Cl3O/c17-12-3-1-10(2-4-12)7-15(19)14-9-13(18)8-11-5-6-20-16(11)14/h1-4,8-9,15H,5-7H2. The highest BCUT2D eigenvalue weighted by molar-refractivity contribution is 6.31. The molecule has 1 aliphatic rings. The Morgan fingerprint density at radius 3 is 2.55 bits per heavy atom. The number of halogens is 3. The fourth-order valence-corrected chi connectivity index (χ4v) is 3.18. The molecule has 0 fully saturated rings. The Morgan fingerprint density at radius 1 is 1.05 bits per heavy atom. The SMILES string of the molecule is Clc1ccc(CC(Cl)c2cc(Cl)cc3c2OCC3)cc1.